The summed E-state index contributed by atoms with van der Waals surface area (Å²) in [5.41, 5.74) is 3.72. The summed E-state index contributed by atoms with van der Waals surface area (Å²) >= 11 is 5.68. The van der Waals surface area contributed by atoms with Crippen LogP contribution in [-0.4, -0.2) is 9.91 Å². The highest BCUT2D eigenvalue weighted by Crippen LogP contribution is 2.28. The van der Waals surface area contributed by atoms with E-state index in [9.17, 15) is 10.1 Å². The zero-order chi connectivity index (χ0) is 13.3. The van der Waals surface area contributed by atoms with Crippen LogP contribution in [0.4, 0.5) is 5.69 Å². The molecule has 0 atom stereocenters. The van der Waals surface area contributed by atoms with Gasteiger partial charge in [0.15, 0.2) is 0 Å². The van der Waals surface area contributed by atoms with E-state index in [1.54, 1.807) is 6.20 Å². The summed E-state index contributed by atoms with van der Waals surface area (Å²) in [5, 5.41) is 10.7. The van der Waals surface area contributed by atoms with Gasteiger partial charge in [-0.15, -0.1) is 0 Å². The lowest BCUT2D eigenvalue weighted by molar-refractivity contribution is -0.385. The molecule has 0 spiro atoms. The van der Waals surface area contributed by atoms with Gasteiger partial charge in [0, 0.05) is 17.8 Å². The number of halogens is 1. The van der Waals surface area contributed by atoms with Gasteiger partial charge in [0.1, 0.15) is 0 Å². The zero-order valence-electron chi connectivity index (χ0n) is 9.98. The normalized spacial score (nSPS) is 10.4. The number of nitrogens with zero attached hydrogens (tertiary/aromatic N) is 2. The lowest BCUT2D eigenvalue weighted by atomic mass is 10.0. The van der Waals surface area contributed by atoms with Gasteiger partial charge in [0.25, 0.3) is 0 Å². The molecule has 2 aromatic rings. The number of nitro groups is 1. The smallest absolute Gasteiger partial charge is 0.258 e. The first-order chi connectivity index (χ1) is 8.49. The van der Waals surface area contributed by atoms with E-state index in [0.717, 1.165) is 11.1 Å². The van der Waals surface area contributed by atoms with Crippen LogP contribution in [0.5, 0.6) is 0 Å². The largest absolute Gasteiger partial charge is 0.307 e. The second kappa shape index (κ2) is 4.74. The fourth-order valence-corrected chi connectivity index (χ4v) is 1.82. The van der Waals surface area contributed by atoms with Crippen molar-refractivity contribution >= 4 is 17.3 Å². The predicted molar refractivity (Wildman–Crippen MR) is 70.8 cm³/mol. The third-order valence-electron chi connectivity index (χ3n) is 2.86. The minimum atomic E-state index is -0.528. The summed E-state index contributed by atoms with van der Waals surface area (Å²) in [5.74, 6) is 0. The number of benzene rings is 1. The second-order valence-corrected chi connectivity index (χ2v) is 4.45. The monoisotopic (exact) mass is 262 g/mol. The molecule has 1 aromatic heterocycles. The molecule has 92 valence electrons. The molecular weight excluding hydrogens is 252 g/mol. The first kappa shape index (κ1) is 12.5. The maximum Gasteiger partial charge on any atom is 0.307 e. The van der Waals surface area contributed by atoms with Crippen molar-refractivity contribution < 1.29 is 4.92 Å². The fourth-order valence-electron chi connectivity index (χ4n) is 1.64. The Morgan fingerprint density at radius 1 is 1.17 bits per heavy atom. The summed E-state index contributed by atoms with van der Waals surface area (Å²) in [6.07, 6.45) is 1.54. The molecule has 0 saturated carbocycles. The lowest BCUT2D eigenvalue weighted by Gasteiger charge is -2.05. The summed E-state index contributed by atoms with van der Waals surface area (Å²) < 4.78 is 0. The first-order valence-electron chi connectivity index (χ1n) is 5.36. The van der Waals surface area contributed by atoms with Crippen molar-refractivity contribution in [1.82, 2.24) is 4.98 Å². The molecule has 0 unspecified atom stereocenters. The third kappa shape index (κ3) is 2.33. The van der Waals surface area contributed by atoms with E-state index in [4.69, 9.17) is 11.6 Å². The Bertz CT molecular complexity index is 626. The Morgan fingerprint density at radius 2 is 1.89 bits per heavy atom. The van der Waals surface area contributed by atoms with Crippen LogP contribution in [0.2, 0.25) is 5.15 Å². The van der Waals surface area contributed by atoms with Gasteiger partial charge >= 0.3 is 5.69 Å². The van der Waals surface area contributed by atoms with Crippen LogP contribution < -0.4 is 0 Å². The van der Waals surface area contributed by atoms with Crippen molar-refractivity contribution in [3.63, 3.8) is 0 Å². The Kier molecular flexibility index (Phi) is 3.30. The molecular formula is C13H11ClN2O2. The number of rotatable bonds is 2. The first-order valence-corrected chi connectivity index (χ1v) is 5.74. The molecule has 1 aromatic carbocycles. The molecule has 18 heavy (non-hydrogen) atoms. The molecule has 0 radical (unpaired) electrons. The SMILES string of the molecule is Cc1ccc(-c2cnc(Cl)c([N+](=O)[O-])c2)cc1C. The molecule has 0 saturated heterocycles. The third-order valence-corrected chi connectivity index (χ3v) is 3.15. The summed E-state index contributed by atoms with van der Waals surface area (Å²) in [7, 11) is 0. The van der Waals surface area contributed by atoms with Crippen molar-refractivity contribution in [2.24, 2.45) is 0 Å². The molecule has 0 bridgehead atoms. The lowest BCUT2D eigenvalue weighted by Crippen LogP contribution is -1.92. The molecule has 0 aliphatic carbocycles. The highest BCUT2D eigenvalue weighted by molar-refractivity contribution is 6.31. The summed E-state index contributed by atoms with van der Waals surface area (Å²) in [6, 6.07) is 7.31. The summed E-state index contributed by atoms with van der Waals surface area (Å²) in [4.78, 5) is 14.1. The highest BCUT2D eigenvalue weighted by atomic mass is 35.5. The van der Waals surface area contributed by atoms with Crippen molar-refractivity contribution in [2.45, 2.75) is 13.8 Å². The Morgan fingerprint density at radius 3 is 2.50 bits per heavy atom. The fraction of sp³-hybridized carbons (Fsp3) is 0.154. The molecule has 0 amide bonds. The number of pyridine rings is 1. The van der Waals surface area contributed by atoms with Crippen molar-refractivity contribution in [2.75, 3.05) is 0 Å². The van der Waals surface area contributed by atoms with Gasteiger partial charge in [-0.05, 0) is 30.5 Å². The van der Waals surface area contributed by atoms with Gasteiger partial charge < -0.3 is 0 Å². The number of hydrogen-bond donors (Lipinski definition) is 0. The standard InChI is InChI=1S/C13H11ClN2O2/c1-8-3-4-10(5-9(8)2)11-6-12(16(17)18)13(14)15-7-11/h3-7H,1-2H3. The van der Waals surface area contributed by atoms with Gasteiger partial charge in [-0.25, -0.2) is 4.98 Å². The highest BCUT2D eigenvalue weighted by Gasteiger charge is 2.15. The average molecular weight is 263 g/mol. The zero-order valence-corrected chi connectivity index (χ0v) is 10.7. The van der Waals surface area contributed by atoms with Gasteiger partial charge in [0.05, 0.1) is 4.92 Å². The van der Waals surface area contributed by atoms with Crippen molar-refractivity contribution in [1.29, 1.82) is 0 Å². The van der Waals surface area contributed by atoms with Gasteiger partial charge in [-0.1, -0.05) is 29.8 Å². The van der Waals surface area contributed by atoms with Crippen LogP contribution in [0.25, 0.3) is 11.1 Å². The molecule has 0 N–H and O–H groups in total. The number of hydrogen-bond acceptors (Lipinski definition) is 3. The van der Waals surface area contributed by atoms with Crippen LogP contribution >= 0.6 is 11.6 Å². The predicted octanol–water partition coefficient (Wildman–Crippen LogP) is 3.93. The number of aryl methyl sites for hydroxylation is 2. The molecule has 4 nitrogen and oxygen atoms in total. The molecule has 0 aliphatic rings. The van der Waals surface area contributed by atoms with E-state index in [1.165, 1.54) is 11.6 Å². The minimum absolute atomic E-state index is 0.0902. The van der Waals surface area contributed by atoms with E-state index in [-0.39, 0.29) is 10.8 Å². The van der Waals surface area contributed by atoms with Crippen LogP contribution in [0, 0.1) is 24.0 Å². The molecule has 1 heterocycles. The molecule has 0 aliphatic heterocycles. The van der Waals surface area contributed by atoms with E-state index in [1.807, 2.05) is 32.0 Å². The van der Waals surface area contributed by atoms with Crippen molar-refractivity contribution in [3.05, 3.63) is 56.9 Å². The quantitative estimate of drug-likeness (QED) is 0.468. The Balaban J connectivity index is 2.54. The Labute approximate surface area is 109 Å². The van der Waals surface area contributed by atoms with E-state index in [0.29, 0.717) is 5.56 Å². The molecule has 0 fully saturated rings. The van der Waals surface area contributed by atoms with E-state index in [2.05, 4.69) is 4.98 Å². The average Bonchev–Trinajstić information content (AvgIpc) is 2.33. The topological polar surface area (TPSA) is 56.0 Å². The van der Waals surface area contributed by atoms with Crippen LogP contribution in [-0.2, 0) is 0 Å². The maximum absolute atomic E-state index is 10.8. The van der Waals surface area contributed by atoms with Gasteiger partial charge in [0.2, 0.25) is 5.15 Å². The Hall–Kier alpha value is -1.94. The van der Waals surface area contributed by atoms with Crippen LogP contribution in [0.3, 0.4) is 0 Å². The van der Waals surface area contributed by atoms with Gasteiger partial charge in [-0.3, -0.25) is 10.1 Å². The number of aromatic nitrogens is 1. The van der Waals surface area contributed by atoms with E-state index >= 15 is 0 Å². The van der Waals surface area contributed by atoms with E-state index < -0.39 is 4.92 Å². The minimum Gasteiger partial charge on any atom is -0.258 e. The van der Waals surface area contributed by atoms with Crippen molar-refractivity contribution in [3.8, 4) is 11.1 Å². The van der Waals surface area contributed by atoms with Gasteiger partial charge in [-0.2, -0.15) is 0 Å². The van der Waals surface area contributed by atoms with Crippen LogP contribution in [0.15, 0.2) is 30.5 Å². The van der Waals surface area contributed by atoms with Crippen LogP contribution in [0.1, 0.15) is 11.1 Å². The summed E-state index contributed by atoms with van der Waals surface area (Å²) in [6.45, 7) is 4.01. The molecule has 2 rings (SSSR count). The second-order valence-electron chi connectivity index (χ2n) is 4.09. The maximum atomic E-state index is 10.8. The molecule has 5 heteroatoms.